The third-order valence-electron chi connectivity index (χ3n) is 6.26. The van der Waals surface area contributed by atoms with Gasteiger partial charge in [-0.2, -0.15) is 0 Å². The van der Waals surface area contributed by atoms with Gasteiger partial charge in [0, 0.05) is 18.4 Å². The Morgan fingerprint density at radius 2 is 1.57 bits per heavy atom. The molecule has 0 saturated carbocycles. The van der Waals surface area contributed by atoms with Crippen molar-refractivity contribution in [1.82, 2.24) is 0 Å². The summed E-state index contributed by atoms with van der Waals surface area (Å²) in [6.07, 6.45) is 0. The monoisotopic (exact) mass is 486 g/mol. The number of esters is 2. The Hall–Kier alpha value is -3.95. The van der Waals surface area contributed by atoms with Crippen LogP contribution in [0.3, 0.4) is 0 Å². The molecule has 0 aromatic heterocycles. The van der Waals surface area contributed by atoms with Gasteiger partial charge in [0.25, 0.3) is 0 Å². The van der Waals surface area contributed by atoms with Crippen molar-refractivity contribution in [3.63, 3.8) is 0 Å². The topological polar surface area (TPSA) is 116 Å². The molecule has 0 N–H and O–H groups in total. The van der Waals surface area contributed by atoms with Crippen LogP contribution in [0.25, 0.3) is 0 Å². The summed E-state index contributed by atoms with van der Waals surface area (Å²) in [6.45, 7) is 0.963. The highest BCUT2D eigenvalue weighted by Crippen LogP contribution is 2.51. The Morgan fingerprint density at radius 1 is 0.943 bits per heavy atom. The highest BCUT2D eigenvalue weighted by Gasteiger charge is 2.49. The quantitative estimate of drug-likeness (QED) is 0.541. The molecule has 3 atom stereocenters. The number of fused-ring (bicyclic) bond motifs is 2. The lowest BCUT2D eigenvalue weighted by Gasteiger charge is -2.37. The molecule has 0 amide bonds. The lowest BCUT2D eigenvalue weighted by Crippen LogP contribution is -2.43. The van der Waals surface area contributed by atoms with Crippen molar-refractivity contribution in [2.24, 2.45) is 11.8 Å². The molecule has 0 spiro atoms. The largest absolute Gasteiger partial charge is 0.493 e. The van der Waals surface area contributed by atoms with Gasteiger partial charge in [-0.25, -0.2) is 0 Å². The van der Waals surface area contributed by atoms with Crippen LogP contribution in [-0.4, -0.2) is 59.6 Å². The number of hydrogen-bond acceptors (Lipinski definition) is 10. The maximum absolute atomic E-state index is 13.6. The summed E-state index contributed by atoms with van der Waals surface area (Å²) >= 11 is 0. The minimum absolute atomic E-state index is 0.0125. The minimum atomic E-state index is -1.01. The van der Waals surface area contributed by atoms with Gasteiger partial charge in [0.2, 0.25) is 12.5 Å². The van der Waals surface area contributed by atoms with E-state index in [1.54, 1.807) is 24.3 Å². The minimum Gasteiger partial charge on any atom is -0.493 e. The smallest absolute Gasteiger partial charge is 0.310 e. The van der Waals surface area contributed by atoms with E-state index in [4.69, 9.17) is 33.2 Å². The van der Waals surface area contributed by atoms with Crippen LogP contribution in [0.1, 0.15) is 34.3 Å². The Labute approximate surface area is 202 Å². The molecular weight excluding hydrogens is 460 g/mol. The van der Waals surface area contributed by atoms with E-state index in [-0.39, 0.29) is 19.2 Å². The summed E-state index contributed by atoms with van der Waals surface area (Å²) in [4.78, 5) is 38.4. The number of benzene rings is 2. The highest BCUT2D eigenvalue weighted by molar-refractivity contribution is 6.04. The zero-order valence-electron chi connectivity index (χ0n) is 20.0. The van der Waals surface area contributed by atoms with Gasteiger partial charge in [0.15, 0.2) is 28.8 Å². The predicted octanol–water partition coefficient (Wildman–Crippen LogP) is 2.74. The number of ketones is 1. The molecule has 2 aliphatic rings. The number of ether oxygens (including phenoxy) is 7. The molecule has 2 aromatic rings. The van der Waals surface area contributed by atoms with Gasteiger partial charge in [0.05, 0.1) is 40.3 Å². The fourth-order valence-corrected chi connectivity index (χ4v) is 4.71. The van der Waals surface area contributed by atoms with Crippen LogP contribution in [0, 0.1) is 11.8 Å². The Morgan fingerprint density at radius 3 is 2.11 bits per heavy atom. The van der Waals surface area contributed by atoms with Crippen molar-refractivity contribution in [1.29, 1.82) is 0 Å². The van der Waals surface area contributed by atoms with Gasteiger partial charge in [0.1, 0.15) is 6.61 Å². The van der Waals surface area contributed by atoms with Gasteiger partial charge >= 0.3 is 11.9 Å². The molecule has 0 radical (unpaired) electrons. The number of methoxy groups -OCH3 is 4. The molecule has 0 saturated heterocycles. The molecule has 10 heteroatoms. The van der Waals surface area contributed by atoms with Gasteiger partial charge in [-0.05, 0) is 35.4 Å². The number of rotatable bonds is 7. The fourth-order valence-electron chi connectivity index (χ4n) is 4.71. The van der Waals surface area contributed by atoms with Gasteiger partial charge < -0.3 is 33.2 Å². The molecule has 1 unspecified atom stereocenters. The molecule has 4 rings (SSSR count). The van der Waals surface area contributed by atoms with Crippen LogP contribution in [0.2, 0.25) is 0 Å². The maximum atomic E-state index is 13.6. The first-order valence-electron chi connectivity index (χ1n) is 10.8. The average molecular weight is 486 g/mol. The van der Waals surface area contributed by atoms with Crippen LogP contribution in [-0.2, 0) is 19.1 Å². The zero-order valence-corrected chi connectivity index (χ0v) is 20.0. The van der Waals surface area contributed by atoms with Crippen molar-refractivity contribution < 1.29 is 47.5 Å². The van der Waals surface area contributed by atoms with Crippen LogP contribution in [0.15, 0.2) is 24.3 Å². The summed E-state index contributed by atoms with van der Waals surface area (Å²) in [7, 11) is 5.70. The molecule has 186 valence electrons. The van der Waals surface area contributed by atoms with Crippen LogP contribution >= 0.6 is 0 Å². The van der Waals surface area contributed by atoms with E-state index in [0.29, 0.717) is 45.4 Å². The average Bonchev–Trinajstić information content (AvgIpc) is 3.33. The highest BCUT2D eigenvalue weighted by atomic mass is 16.7. The van der Waals surface area contributed by atoms with Crippen LogP contribution < -0.4 is 23.7 Å². The Kier molecular flexibility index (Phi) is 6.72. The first-order chi connectivity index (χ1) is 16.8. The predicted molar refractivity (Wildman–Crippen MR) is 120 cm³/mol. The van der Waals surface area contributed by atoms with Crippen molar-refractivity contribution in [3.8, 4) is 28.7 Å². The van der Waals surface area contributed by atoms with E-state index < -0.39 is 29.7 Å². The van der Waals surface area contributed by atoms with E-state index in [0.717, 1.165) is 0 Å². The second-order valence-electron chi connectivity index (χ2n) is 8.05. The fraction of sp³-hybridized carbons (Fsp3) is 0.400. The maximum Gasteiger partial charge on any atom is 0.310 e. The molecule has 10 nitrogen and oxygen atoms in total. The third-order valence-corrected chi connectivity index (χ3v) is 6.26. The number of hydrogen-bond donors (Lipinski definition) is 0. The first kappa shape index (κ1) is 24.2. The lowest BCUT2D eigenvalue weighted by atomic mass is 9.66. The van der Waals surface area contributed by atoms with Gasteiger partial charge in [-0.15, -0.1) is 0 Å². The second-order valence-corrected chi connectivity index (χ2v) is 8.05. The normalized spacial score (nSPS) is 20.0. The molecule has 35 heavy (non-hydrogen) atoms. The van der Waals surface area contributed by atoms with Crippen molar-refractivity contribution in [3.05, 3.63) is 41.0 Å². The van der Waals surface area contributed by atoms with E-state index >= 15 is 0 Å². The van der Waals surface area contributed by atoms with Gasteiger partial charge in [-0.3, -0.25) is 14.4 Å². The van der Waals surface area contributed by atoms with Crippen LogP contribution in [0.4, 0.5) is 0 Å². The lowest BCUT2D eigenvalue weighted by molar-refractivity contribution is -0.151. The number of Topliss-reactive ketones (excluding diaryl/α,β-unsaturated/α-hetero) is 1. The van der Waals surface area contributed by atoms with E-state index in [2.05, 4.69) is 0 Å². The van der Waals surface area contributed by atoms with Crippen molar-refractivity contribution in [2.75, 3.05) is 41.8 Å². The molecule has 1 aliphatic carbocycles. The SMILES string of the molecule is COC(=O)[C@@H]1C(COC(C)=O)C(=O)c2cc3c(cc2[C@H]1c1cc(OC)c(OC)c(OC)c1)OCO3. The van der Waals surface area contributed by atoms with Crippen molar-refractivity contribution in [2.45, 2.75) is 12.8 Å². The Balaban J connectivity index is 1.98. The summed E-state index contributed by atoms with van der Waals surface area (Å²) in [6, 6.07) is 6.73. The standard InChI is InChI=1S/C25H26O10/c1-12(26)33-10-16-22(25(28)32-5)21(13-6-19(29-2)24(31-4)20(7-13)30-3)14-8-17-18(35-11-34-17)9-15(14)23(16)27/h6-9,16,21-22H,10-11H2,1-5H3/t16?,21-,22-/m1/s1. The zero-order chi connectivity index (χ0) is 25.3. The molecule has 1 heterocycles. The summed E-state index contributed by atoms with van der Waals surface area (Å²) in [5, 5.41) is 0. The summed E-state index contributed by atoms with van der Waals surface area (Å²) < 4.78 is 37.8. The Bertz CT molecular complexity index is 1150. The third kappa shape index (κ3) is 4.20. The molecule has 0 fully saturated rings. The van der Waals surface area contributed by atoms with E-state index in [1.807, 2.05) is 0 Å². The summed E-state index contributed by atoms with van der Waals surface area (Å²) in [5.74, 6) is -2.26. The summed E-state index contributed by atoms with van der Waals surface area (Å²) in [5.41, 5.74) is 1.49. The van der Waals surface area contributed by atoms with Crippen molar-refractivity contribution >= 4 is 17.7 Å². The van der Waals surface area contributed by atoms with E-state index in [1.165, 1.54) is 35.4 Å². The number of carbonyl (C=O) groups excluding carboxylic acids is 3. The van der Waals surface area contributed by atoms with Crippen LogP contribution in [0.5, 0.6) is 28.7 Å². The second kappa shape index (κ2) is 9.73. The molecular formula is C25H26O10. The molecule has 1 aliphatic heterocycles. The first-order valence-corrected chi connectivity index (χ1v) is 10.8. The molecule has 0 bridgehead atoms. The van der Waals surface area contributed by atoms with E-state index in [9.17, 15) is 14.4 Å². The van der Waals surface area contributed by atoms with Gasteiger partial charge in [-0.1, -0.05) is 0 Å². The molecule has 2 aromatic carbocycles. The number of carbonyl (C=O) groups is 3.